The molecule has 1 aliphatic heterocycles. The fraction of sp³-hybridized carbons (Fsp3) is 0.0312. The van der Waals surface area contributed by atoms with E-state index in [9.17, 15) is 0 Å². The van der Waals surface area contributed by atoms with E-state index in [1.165, 1.54) is 0 Å². The Hall–Kier alpha value is -5.23. The van der Waals surface area contributed by atoms with Gasteiger partial charge in [0.1, 0.15) is 5.69 Å². The van der Waals surface area contributed by atoms with E-state index >= 15 is 0 Å². The molecule has 38 heavy (non-hydrogen) atoms. The highest BCUT2D eigenvalue weighted by molar-refractivity contribution is 6.03. The Kier molecular flexibility index (Phi) is 6.35. The number of rotatable bonds is 6. The van der Waals surface area contributed by atoms with Crippen molar-refractivity contribution in [1.29, 1.82) is 0 Å². The molecule has 2 aliphatic rings. The van der Waals surface area contributed by atoms with Gasteiger partial charge in [0.15, 0.2) is 0 Å². The third kappa shape index (κ3) is 4.63. The van der Waals surface area contributed by atoms with Crippen molar-refractivity contribution in [2.24, 2.45) is 27.5 Å². The van der Waals surface area contributed by atoms with Crippen molar-refractivity contribution in [1.82, 2.24) is 9.78 Å². The number of fused-ring (bicyclic) bond motifs is 1. The Morgan fingerprint density at radius 2 is 0.947 bits per heavy atom. The molecule has 0 spiro atoms. The van der Waals surface area contributed by atoms with E-state index in [0.717, 1.165) is 45.0 Å². The van der Waals surface area contributed by atoms with E-state index in [-0.39, 0.29) is 0 Å². The fourth-order valence-corrected chi connectivity index (χ4v) is 4.52. The number of nitrogens with zero attached hydrogens (tertiary/aromatic N) is 6. The van der Waals surface area contributed by atoms with Crippen LogP contribution in [-0.4, -0.2) is 9.78 Å². The van der Waals surface area contributed by atoms with Gasteiger partial charge in [-0.1, -0.05) is 97.1 Å². The first kappa shape index (κ1) is 23.2. The minimum absolute atomic E-state index is 0.690. The Morgan fingerprint density at radius 3 is 1.47 bits per heavy atom. The lowest BCUT2D eigenvalue weighted by Gasteiger charge is -2.18. The summed E-state index contributed by atoms with van der Waals surface area (Å²) in [6.45, 7) is 0. The molecule has 0 amide bonds. The van der Waals surface area contributed by atoms with Crippen LogP contribution in [0.3, 0.4) is 0 Å². The van der Waals surface area contributed by atoms with Gasteiger partial charge in [0.25, 0.3) is 0 Å². The van der Waals surface area contributed by atoms with E-state index in [1.807, 2.05) is 115 Å². The predicted molar refractivity (Wildman–Crippen MR) is 152 cm³/mol. The van der Waals surface area contributed by atoms with Crippen molar-refractivity contribution in [3.05, 3.63) is 127 Å². The maximum atomic E-state index is 5.04. The molecule has 0 unspecified atom stereocenters. The zero-order chi connectivity index (χ0) is 25.7. The number of hydrogen-bond acceptors (Lipinski definition) is 5. The number of aromatic nitrogens is 2. The molecule has 6 nitrogen and oxygen atoms in total. The van der Waals surface area contributed by atoms with Gasteiger partial charge in [-0.15, -0.1) is 10.2 Å². The van der Waals surface area contributed by atoms with Crippen LogP contribution in [0.2, 0.25) is 0 Å². The van der Waals surface area contributed by atoms with Crippen LogP contribution in [0, 0.1) is 0 Å². The number of benzene rings is 4. The van der Waals surface area contributed by atoms with Crippen LogP contribution in [0.15, 0.2) is 148 Å². The standard InChI is InChI=1S/C32H24N6/c1-38-32(24-16-8-3-9-17-24)30-28(36-34-26-20-12-5-13-21-26)22-27(35-33-25-18-10-4-11-19-25)29(30)31(37-38)23-14-6-2-7-15-23/h2-22H,1H3. The molecule has 4 aromatic carbocycles. The minimum Gasteiger partial charge on any atom is -0.267 e. The lowest BCUT2D eigenvalue weighted by molar-refractivity contribution is 0.755. The Morgan fingerprint density at radius 1 is 0.500 bits per heavy atom. The zero-order valence-corrected chi connectivity index (χ0v) is 20.8. The van der Waals surface area contributed by atoms with Gasteiger partial charge in [-0.3, -0.25) is 4.68 Å². The molecule has 0 fully saturated rings. The van der Waals surface area contributed by atoms with Gasteiger partial charge in [0.2, 0.25) is 0 Å². The molecule has 0 bridgehead atoms. The van der Waals surface area contributed by atoms with Gasteiger partial charge in [-0.05, 0) is 30.3 Å². The number of azo groups is 2. The normalized spacial score (nSPS) is 11.6. The third-order valence-corrected chi connectivity index (χ3v) is 6.24. The molecule has 0 saturated heterocycles. The molecule has 1 heterocycles. The predicted octanol–water partition coefficient (Wildman–Crippen LogP) is 9.69. The highest BCUT2D eigenvalue weighted by Crippen LogP contribution is 2.52. The molecular weight excluding hydrogens is 468 g/mol. The third-order valence-electron chi connectivity index (χ3n) is 6.24. The first-order chi connectivity index (χ1) is 18.8. The minimum atomic E-state index is 0.690. The van der Waals surface area contributed by atoms with Crippen LogP contribution in [0.4, 0.5) is 22.7 Å². The van der Waals surface area contributed by atoms with E-state index < -0.39 is 0 Å². The van der Waals surface area contributed by atoms with Crippen LogP contribution >= 0.6 is 0 Å². The summed E-state index contributed by atoms with van der Waals surface area (Å²) in [4.78, 5) is 0. The molecule has 182 valence electrons. The first-order valence-corrected chi connectivity index (χ1v) is 12.4. The molecule has 0 radical (unpaired) electrons. The molecule has 0 aromatic heterocycles. The second-order valence-corrected chi connectivity index (χ2v) is 8.79. The largest absolute Gasteiger partial charge is 0.267 e. The zero-order valence-electron chi connectivity index (χ0n) is 20.8. The average Bonchev–Trinajstić information content (AvgIpc) is 3.34. The number of aryl methyl sites for hydroxylation is 1. The molecular formula is C32H24N6. The summed E-state index contributed by atoms with van der Waals surface area (Å²) in [5.74, 6) is 0. The van der Waals surface area contributed by atoms with E-state index in [2.05, 4.69) is 34.5 Å². The van der Waals surface area contributed by atoms with E-state index in [1.54, 1.807) is 0 Å². The SMILES string of the molecule is Cn1nc(-c2ccccc2)c2c(N=Nc3ccccc3)cc(N=Nc3ccccc3)c-2c1-c1ccccc1. The smallest absolute Gasteiger partial charge is 0.101 e. The Balaban J connectivity index is 1.63. The van der Waals surface area contributed by atoms with Gasteiger partial charge >= 0.3 is 0 Å². The van der Waals surface area contributed by atoms with Crippen LogP contribution in [-0.2, 0) is 7.05 Å². The fourth-order valence-electron chi connectivity index (χ4n) is 4.52. The van der Waals surface area contributed by atoms with Gasteiger partial charge in [-0.25, -0.2) is 0 Å². The molecule has 6 heteroatoms. The van der Waals surface area contributed by atoms with Crippen molar-refractivity contribution >= 4 is 22.7 Å². The maximum Gasteiger partial charge on any atom is 0.101 e. The maximum absolute atomic E-state index is 5.04. The van der Waals surface area contributed by atoms with Crippen LogP contribution in [0.25, 0.3) is 33.6 Å². The summed E-state index contributed by atoms with van der Waals surface area (Å²) >= 11 is 0. The lowest BCUT2D eigenvalue weighted by Crippen LogP contribution is -2.07. The summed E-state index contributed by atoms with van der Waals surface area (Å²) in [5, 5.41) is 23.6. The second-order valence-electron chi connectivity index (χ2n) is 8.79. The summed E-state index contributed by atoms with van der Waals surface area (Å²) in [5.41, 5.74) is 8.51. The van der Waals surface area contributed by atoms with Crippen molar-refractivity contribution in [3.8, 4) is 33.6 Å². The van der Waals surface area contributed by atoms with E-state index in [0.29, 0.717) is 11.4 Å². The molecule has 4 aromatic rings. The van der Waals surface area contributed by atoms with Crippen molar-refractivity contribution in [2.45, 2.75) is 0 Å². The first-order valence-electron chi connectivity index (χ1n) is 12.4. The van der Waals surface area contributed by atoms with Crippen LogP contribution < -0.4 is 0 Å². The molecule has 1 aliphatic carbocycles. The van der Waals surface area contributed by atoms with Crippen molar-refractivity contribution < 1.29 is 0 Å². The van der Waals surface area contributed by atoms with Gasteiger partial charge in [0.05, 0.1) is 28.4 Å². The van der Waals surface area contributed by atoms with Crippen LogP contribution in [0.1, 0.15) is 0 Å². The summed E-state index contributed by atoms with van der Waals surface area (Å²) < 4.78 is 1.92. The highest BCUT2D eigenvalue weighted by Gasteiger charge is 2.28. The molecule has 0 atom stereocenters. The summed E-state index contributed by atoms with van der Waals surface area (Å²) in [7, 11) is 1.96. The van der Waals surface area contributed by atoms with Crippen LogP contribution in [0.5, 0.6) is 0 Å². The topological polar surface area (TPSA) is 67.3 Å². The summed E-state index contributed by atoms with van der Waals surface area (Å²) in [6.07, 6.45) is 0. The Bertz CT molecular complexity index is 1690. The highest BCUT2D eigenvalue weighted by atomic mass is 15.3. The van der Waals surface area contributed by atoms with Gasteiger partial charge in [-0.2, -0.15) is 15.3 Å². The van der Waals surface area contributed by atoms with E-state index in [4.69, 9.17) is 15.3 Å². The lowest BCUT2D eigenvalue weighted by atomic mass is 9.97. The average molecular weight is 493 g/mol. The second kappa shape index (κ2) is 10.4. The van der Waals surface area contributed by atoms with Gasteiger partial charge < -0.3 is 0 Å². The molecule has 0 N–H and O–H groups in total. The molecule has 6 rings (SSSR count). The summed E-state index contributed by atoms with van der Waals surface area (Å²) in [6, 6.07) is 41.7. The monoisotopic (exact) mass is 492 g/mol. The van der Waals surface area contributed by atoms with Crippen molar-refractivity contribution in [2.75, 3.05) is 0 Å². The quantitative estimate of drug-likeness (QED) is 0.213. The Labute approximate surface area is 221 Å². The van der Waals surface area contributed by atoms with Crippen molar-refractivity contribution in [3.63, 3.8) is 0 Å². The number of hydrogen-bond donors (Lipinski definition) is 0. The van der Waals surface area contributed by atoms with Gasteiger partial charge in [0, 0.05) is 29.3 Å². The molecule has 0 saturated carbocycles.